The molecule has 35 heavy (non-hydrogen) atoms. The molecule has 0 bridgehead atoms. The minimum absolute atomic E-state index is 0.00676. The normalized spacial score (nSPS) is 17.9. The molecule has 5 nitrogen and oxygen atoms in total. The number of allylic oxidation sites excluding steroid dienone is 6. The first-order valence-electron chi connectivity index (χ1n) is 11.6. The molecule has 0 spiro atoms. The molecular formula is C30H29N3O2. The van der Waals surface area contributed by atoms with Gasteiger partial charge in [-0.2, -0.15) is 0 Å². The Labute approximate surface area is 207 Å². The molecule has 5 heteroatoms. The molecule has 0 saturated heterocycles. The Bertz CT molecular complexity index is 1320. The summed E-state index contributed by atoms with van der Waals surface area (Å²) in [6, 6.07) is 16.7. The minimum atomic E-state index is 0.00676. The van der Waals surface area contributed by atoms with Crippen molar-refractivity contribution >= 4 is 11.8 Å². The van der Waals surface area contributed by atoms with Crippen LogP contribution in [0.4, 0.5) is 5.69 Å². The first kappa shape index (κ1) is 23.9. The summed E-state index contributed by atoms with van der Waals surface area (Å²) < 4.78 is 11.7. The molecule has 0 atom stereocenters. The summed E-state index contributed by atoms with van der Waals surface area (Å²) in [4.78, 5) is 5.73. The number of rotatable bonds is 5. The number of nitrogens with zero attached hydrogens (tertiary/aromatic N) is 3. The standard InChI is InChI=1S/C30H29N3O2/c1-21-15-24(27(19-31)32-4)18-25(35-21)12-11-23-16-26-29(28(17-23)34-5)33(14-13-30(26,2)3)20-22-9-7-6-8-10-22/h6-12,15-18H,13-14,20H2,1-3,5H3/b12-11+,27-24-. The number of ether oxygens (including phenoxy) is 2. The molecule has 0 fully saturated rings. The van der Waals surface area contributed by atoms with Crippen LogP contribution >= 0.6 is 0 Å². The van der Waals surface area contributed by atoms with Gasteiger partial charge in [0.2, 0.25) is 0 Å². The van der Waals surface area contributed by atoms with Crippen LogP contribution in [0.5, 0.6) is 5.75 Å². The third kappa shape index (κ3) is 5.15. The maximum absolute atomic E-state index is 9.24. The largest absolute Gasteiger partial charge is 0.495 e. The number of nitriles is 1. The SMILES string of the molecule is [C-]#[N+]/C(C#N)=C1/C=C(C)OC(/C=C/c2cc(OC)c3c(c2)C(C)(C)CCN3Cc2ccccc2)=C1. The van der Waals surface area contributed by atoms with Gasteiger partial charge in [-0.25, -0.2) is 10.1 Å². The summed E-state index contributed by atoms with van der Waals surface area (Å²) >= 11 is 0. The Morgan fingerprint density at radius 1 is 1.23 bits per heavy atom. The minimum Gasteiger partial charge on any atom is -0.495 e. The van der Waals surface area contributed by atoms with Crippen molar-refractivity contribution in [2.24, 2.45) is 0 Å². The molecule has 2 aromatic rings. The van der Waals surface area contributed by atoms with Crippen LogP contribution in [0.1, 0.15) is 43.9 Å². The lowest BCUT2D eigenvalue weighted by atomic mass is 9.76. The molecule has 2 aromatic carbocycles. The molecule has 0 aliphatic carbocycles. The highest BCUT2D eigenvalue weighted by atomic mass is 16.5. The lowest BCUT2D eigenvalue weighted by molar-refractivity contribution is 0.318. The molecule has 0 unspecified atom stereocenters. The number of hydrogen-bond acceptors (Lipinski definition) is 4. The second kappa shape index (κ2) is 9.95. The number of benzene rings is 2. The second-order valence-corrected chi connectivity index (χ2v) is 9.43. The maximum Gasteiger partial charge on any atom is 0.269 e. The van der Waals surface area contributed by atoms with Crippen molar-refractivity contribution in [1.29, 1.82) is 5.26 Å². The third-order valence-electron chi connectivity index (χ3n) is 6.45. The van der Waals surface area contributed by atoms with Crippen LogP contribution in [-0.2, 0) is 16.7 Å². The van der Waals surface area contributed by atoms with Crippen molar-refractivity contribution in [1.82, 2.24) is 0 Å². The van der Waals surface area contributed by atoms with Gasteiger partial charge in [0.25, 0.3) is 5.70 Å². The van der Waals surface area contributed by atoms with Gasteiger partial charge in [0.15, 0.2) is 0 Å². The quantitative estimate of drug-likeness (QED) is 0.357. The van der Waals surface area contributed by atoms with Gasteiger partial charge in [-0.3, -0.25) is 0 Å². The van der Waals surface area contributed by atoms with Crippen LogP contribution < -0.4 is 9.64 Å². The topological polar surface area (TPSA) is 49.9 Å². The van der Waals surface area contributed by atoms with Gasteiger partial charge >= 0.3 is 0 Å². The predicted octanol–water partition coefficient (Wildman–Crippen LogP) is 6.91. The first-order chi connectivity index (χ1) is 16.8. The fourth-order valence-corrected chi connectivity index (χ4v) is 4.56. The van der Waals surface area contributed by atoms with Crippen molar-refractivity contribution in [3.63, 3.8) is 0 Å². The molecule has 0 N–H and O–H groups in total. The Morgan fingerprint density at radius 3 is 2.69 bits per heavy atom. The zero-order chi connectivity index (χ0) is 25.0. The summed E-state index contributed by atoms with van der Waals surface area (Å²) in [7, 11) is 1.72. The summed E-state index contributed by atoms with van der Waals surface area (Å²) in [5, 5.41) is 9.24. The zero-order valence-electron chi connectivity index (χ0n) is 20.6. The van der Waals surface area contributed by atoms with E-state index < -0.39 is 0 Å². The summed E-state index contributed by atoms with van der Waals surface area (Å²) in [5.41, 5.74) is 5.30. The highest BCUT2D eigenvalue weighted by Crippen LogP contribution is 2.46. The molecule has 0 amide bonds. The predicted molar refractivity (Wildman–Crippen MR) is 139 cm³/mol. The lowest BCUT2D eigenvalue weighted by Gasteiger charge is -2.41. The summed E-state index contributed by atoms with van der Waals surface area (Å²) in [6.45, 7) is 15.4. The van der Waals surface area contributed by atoms with Gasteiger partial charge in [0.05, 0.1) is 25.4 Å². The van der Waals surface area contributed by atoms with Gasteiger partial charge in [0, 0.05) is 13.1 Å². The maximum atomic E-state index is 9.24. The van der Waals surface area contributed by atoms with Crippen molar-refractivity contribution < 1.29 is 9.47 Å². The van der Waals surface area contributed by atoms with Gasteiger partial charge < -0.3 is 14.4 Å². The molecule has 2 aliphatic heterocycles. The molecule has 0 radical (unpaired) electrons. The number of hydrogen-bond donors (Lipinski definition) is 0. The van der Waals surface area contributed by atoms with Crippen LogP contribution in [0.2, 0.25) is 0 Å². The van der Waals surface area contributed by atoms with Gasteiger partial charge in [-0.15, -0.1) is 0 Å². The van der Waals surface area contributed by atoms with Crippen LogP contribution in [0.15, 0.2) is 83.5 Å². The Morgan fingerprint density at radius 2 is 2.00 bits per heavy atom. The molecule has 4 rings (SSSR count). The van der Waals surface area contributed by atoms with Crippen molar-refractivity contribution in [3.05, 3.63) is 112 Å². The van der Waals surface area contributed by atoms with Crippen molar-refractivity contribution in [3.8, 4) is 11.8 Å². The Kier molecular flexibility index (Phi) is 6.80. The molecule has 2 aliphatic rings. The lowest BCUT2D eigenvalue weighted by Crippen LogP contribution is -2.37. The smallest absolute Gasteiger partial charge is 0.269 e. The van der Waals surface area contributed by atoms with Crippen molar-refractivity contribution in [2.75, 3.05) is 18.6 Å². The second-order valence-electron chi connectivity index (χ2n) is 9.43. The third-order valence-corrected chi connectivity index (χ3v) is 6.45. The van der Waals surface area contributed by atoms with Crippen LogP contribution in [-0.4, -0.2) is 13.7 Å². The van der Waals surface area contributed by atoms with E-state index in [1.165, 1.54) is 11.1 Å². The van der Waals surface area contributed by atoms with E-state index in [9.17, 15) is 5.26 Å². The molecule has 0 saturated carbocycles. The summed E-state index contributed by atoms with van der Waals surface area (Å²) in [6.07, 6.45) is 8.33. The van der Waals surface area contributed by atoms with E-state index in [4.69, 9.17) is 16.0 Å². The fraction of sp³-hybridized carbons (Fsp3) is 0.267. The average molecular weight is 464 g/mol. The van der Waals surface area contributed by atoms with E-state index in [0.29, 0.717) is 17.1 Å². The number of anilines is 1. The van der Waals surface area contributed by atoms with Crippen molar-refractivity contribution in [2.45, 2.75) is 39.2 Å². The van der Waals surface area contributed by atoms with E-state index in [1.54, 1.807) is 19.3 Å². The van der Waals surface area contributed by atoms with Gasteiger partial charge in [0.1, 0.15) is 17.3 Å². The zero-order valence-corrected chi connectivity index (χ0v) is 20.6. The fourth-order valence-electron chi connectivity index (χ4n) is 4.56. The Hall–Kier alpha value is -4.22. The summed E-state index contributed by atoms with van der Waals surface area (Å²) in [5.74, 6) is 2.07. The van der Waals surface area contributed by atoms with E-state index >= 15 is 0 Å². The van der Waals surface area contributed by atoms with Gasteiger partial charge in [-0.05, 0) is 71.4 Å². The van der Waals surface area contributed by atoms with Crippen LogP contribution in [0, 0.1) is 17.9 Å². The molecular weight excluding hydrogens is 434 g/mol. The molecule has 0 aromatic heterocycles. The highest BCUT2D eigenvalue weighted by Gasteiger charge is 2.33. The molecule has 2 heterocycles. The van der Waals surface area contributed by atoms with Crippen LogP contribution in [0.25, 0.3) is 10.9 Å². The van der Waals surface area contributed by atoms with E-state index in [2.05, 4.69) is 60.0 Å². The van der Waals surface area contributed by atoms with E-state index in [0.717, 1.165) is 36.5 Å². The van der Waals surface area contributed by atoms with Gasteiger partial charge in [-0.1, -0.05) is 50.3 Å². The number of methoxy groups -OCH3 is 1. The monoisotopic (exact) mass is 463 g/mol. The van der Waals surface area contributed by atoms with E-state index in [-0.39, 0.29) is 11.1 Å². The molecule has 176 valence electrons. The Balaban J connectivity index is 1.71. The average Bonchev–Trinajstić information content (AvgIpc) is 2.85. The highest BCUT2D eigenvalue weighted by molar-refractivity contribution is 5.72. The number of fused-ring (bicyclic) bond motifs is 1. The van der Waals surface area contributed by atoms with E-state index in [1.807, 2.05) is 31.2 Å². The van der Waals surface area contributed by atoms with Crippen LogP contribution in [0.3, 0.4) is 0 Å². The first-order valence-corrected chi connectivity index (χ1v) is 11.6.